The quantitative estimate of drug-likeness (QED) is 0.784. The van der Waals surface area contributed by atoms with E-state index in [1.807, 2.05) is 23.1 Å². The lowest BCUT2D eigenvalue weighted by Crippen LogP contribution is -2.36. The fraction of sp³-hybridized carbons (Fsp3) is 0.700. The number of aromatic nitrogens is 2. The third kappa shape index (κ3) is 4.42. The Labute approximate surface area is 170 Å². The standard InChI is InChI=1S/C20H30N4OS2/c1-20(2,26-3)13-21-18-17-14-6-4-5-7-15(14)27-19(17)23-16(22-18)12-24-8-10-25-11-9-24/h4-13H2,1-3H3,(H,21,22,23). The fourth-order valence-corrected chi connectivity index (χ4v) is 5.22. The number of thioether (sulfide) groups is 1. The van der Waals surface area contributed by atoms with Crippen LogP contribution in [0.15, 0.2) is 0 Å². The number of ether oxygens (including phenoxy) is 1. The van der Waals surface area contributed by atoms with Gasteiger partial charge < -0.3 is 10.1 Å². The predicted octanol–water partition coefficient (Wildman–Crippen LogP) is 3.96. The second kappa shape index (κ2) is 8.23. The number of nitrogens with zero attached hydrogens (tertiary/aromatic N) is 3. The summed E-state index contributed by atoms with van der Waals surface area (Å²) in [7, 11) is 0. The molecular formula is C20H30N4OS2. The van der Waals surface area contributed by atoms with E-state index in [1.54, 1.807) is 0 Å². The highest BCUT2D eigenvalue weighted by Gasteiger charge is 2.23. The molecule has 1 aliphatic heterocycles. The summed E-state index contributed by atoms with van der Waals surface area (Å²) in [5.74, 6) is 1.98. The van der Waals surface area contributed by atoms with Gasteiger partial charge in [0.25, 0.3) is 0 Å². The van der Waals surface area contributed by atoms with Crippen LogP contribution in [0.2, 0.25) is 0 Å². The van der Waals surface area contributed by atoms with Gasteiger partial charge in [-0.3, -0.25) is 4.90 Å². The van der Waals surface area contributed by atoms with Gasteiger partial charge in [0, 0.05) is 29.3 Å². The maximum atomic E-state index is 5.48. The smallest absolute Gasteiger partial charge is 0.146 e. The summed E-state index contributed by atoms with van der Waals surface area (Å²) in [5, 5.41) is 4.97. The van der Waals surface area contributed by atoms with Crippen molar-refractivity contribution in [3.63, 3.8) is 0 Å². The molecule has 148 valence electrons. The zero-order chi connectivity index (χ0) is 18.9. The number of thiophene rings is 1. The number of nitrogens with one attached hydrogen (secondary N) is 1. The summed E-state index contributed by atoms with van der Waals surface area (Å²) < 4.78 is 5.66. The van der Waals surface area contributed by atoms with Crippen LogP contribution in [0.4, 0.5) is 5.82 Å². The minimum atomic E-state index is 0.178. The molecule has 0 bridgehead atoms. The minimum absolute atomic E-state index is 0.178. The molecule has 7 heteroatoms. The van der Waals surface area contributed by atoms with Gasteiger partial charge in [-0.05, 0) is 51.3 Å². The molecule has 0 aromatic carbocycles. The van der Waals surface area contributed by atoms with Crippen molar-refractivity contribution in [2.45, 2.75) is 50.8 Å². The molecule has 0 atom stereocenters. The molecule has 5 nitrogen and oxygen atoms in total. The van der Waals surface area contributed by atoms with E-state index in [0.717, 1.165) is 51.0 Å². The van der Waals surface area contributed by atoms with E-state index < -0.39 is 0 Å². The fourth-order valence-electron chi connectivity index (χ4n) is 3.73. The molecule has 2 aliphatic rings. The highest BCUT2D eigenvalue weighted by atomic mass is 32.2. The first-order valence-electron chi connectivity index (χ1n) is 9.96. The van der Waals surface area contributed by atoms with Crippen molar-refractivity contribution in [3.05, 3.63) is 16.3 Å². The van der Waals surface area contributed by atoms with Crippen molar-refractivity contribution in [1.29, 1.82) is 0 Å². The number of hydrogen-bond acceptors (Lipinski definition) is 7. The van der Waals surface area contributed by atoms with Gasteiger partial charge in [0.2, 0.25) is 0 Å². The first-order valence-corrected chi connectivity index (χ1v) is 12.0. The van der Waals surface area contributed by atoms with Crippen LogP contribution in [0.5, 0.6) is 0 Å². The molecule has 0 spiro atoms. The number of aryl methyl sites for hydroxylation is 2. The molecule has 4 rings (SSSR count). The van der Waals surface area contributed by atoms with E-state index >= 15 is 0 Å². The Morgan fingerprint density at radius 1 is 1.19 bits per heavy atom. The summed E-state index contributed by atoms with van der Waals surface area (Å²) in [5.41, 5.74) is 1.50. The first-order chi connectivity index (χ1) is 13.1. The summed E-state index contributed by atoms with van der Waals surface area (Å²) >= 11 is 3.78. The Morgan fingerprint density at radius 3 is 2.74 bits per heavy atom. The van der Waals surface area contributed by atoms with Crippen LogP contribution < -0.4 is 5.32 Å². The molecule has 3 heterocycles. The van der Waals surface area contributed by atoms with Gasteiger partial charge in [0.15, 0.2) is 0 Å². The second-order valence-electron chi connectivity index (χ2n) is 8.09. The van der Waals surface area contributed by atoms with Crippen LogP contribution in [0, 0.1) is 0 Å². The van der Waals surface area contributed by atoms with Crippen molar-refractivity contribution >= 4 is 39.1 Å². The summed E-state index contributed by atoms with van der Waals surface area (Å²) in [6.45, 7) is 9.81. The average Bonchev–Trinajstić information content (AvgIpc) is 3.05. The zero-order valence-electron chi connectivity index (χ0n) is 16.6. The third-order valence-corrected chi connectivity index (χ3v) is 8.00. The monoisotopic (exact) mass is 406 g/mol. The molecule has 0 radical (unpaired) electrons. The van der Waals surface area contributed by atoms with Crippen molar-refractivity contribution in [3.8, 4) is 0 Å². The minimum Gasteiger partial charge on any atom is -0.379 e. The Bertz CT molecular complexity index is 799. The lowest BCUT2D eigenvalue weighted by Gasteiger charge is -2.26. The molecule has 1 N–H and O–H groups in total. The Hall–Kier alpha value is -0.890. The highest BCUT2D eigenvalue weighted by molar-refractivity contribution is 7.99. The molecule has 0 amide bonds. The Morgan fingerprint density at radius 2 is 1.96 bits per heavy atom. The van der Waals surface area contributed by atoms with Gasteiger partial charge in [0.1, 0.15) is 16.5 Å². The van der Waals surface area contributed by atoms with Crippen LogP contribution in [0.1, 0.15) is 43.0 Å². The van der Waals surface area contributed by atoms with Gasteiger partial charge in [-0.25, -0.2) is 9.97 Å². The van der Waals surface area contributed by atoms with Crippen molar-refractivity contribution < 1.29 is 4.74 Å². The summed E-state index contributed by atoms with van der Waals surface area (Å²) in [6, 6.07) is 0. The molecule has 1 saturated heterocycles. The Kier molecular flexibility index (Phi) is 5.92. The van der Waals surface area contributed by atoms with E-state index in [0.29, 0.717) is 0 Å². The molecule has 0 unspecified atom stereocenters. The van der Waals surface area contributed by atoms with E-state index in [2.05, 4.69) is 30.3 Å². The first kappa shape index (κ1) is 19.4. The zero-order valence-corrected chi connectivity index (χ0v) is 18.3. The van der Waals surface area contributed by atoms with Crippen LogP contribution in [0.3, 0.4) is 0 Å². The van der Waals surface area contributed by atoms with Crippen molar-refractivity contribution in [2.75, 3.05) is 44.4 Å². The van der Waals surface area contributed by atoms with Crippen molar-refractivity contribution in [1.82, 2.24) is 14.9 Å². The van der Waals surface area contributed by atoms with Gasteiger partial charge in [-0.15, -0.1) is 11.3 Å². The highest BCUT2D eigenvalue weighted by Crippen LogP contribution is 2.39. The Balaban J connectivity index is 1.68. The number of hydrogen-bond donors (Lipinski definition) is 1. The topological polar surface area (TPSA) is 50.3 Å². The molecule has 1 fully saturated rings. The van der Waals surface area contributed by atoms with Gasteiger partial charge >= 0.3 is 0 Å². The van der Waals surface area contributed by atoms with E-state index in [4.69, 9.17) is 14.7 Å². The lowest BCUT2D eigenvalue weighted by molar-refractivity contribution is 0.0331. The third-order valence-electron chi connectivity index (χ3n) is 5.56. The maximum Gasteiger partial charge on any atom is 0.146 e. The molecule has 2 aromatic heterocycles. The second-order valence-corrected chi connectivity index (χ2v) is 10.7. The number of rotatable bonds is 6. The normalized spacial score (nSPS) is 18.6. The molecule has 0 saturated carbocycles. The van der Waals surface area contributed by atoms with Crippen molar-refractivity contribution in [2.24, 2.45) is 0 Å². The maximum absolute atomic E-state index is 5.48. The predicted molar refractivity (Wildman–Crippen MR) is 116 cm³/mol. The lowest BCUT2D eigenvalue weighted by atomic mass is 9.97. The molecule has 2 aromatic rings. The van der Waals surface area contributed by atoms with Crippen LogP contribution >= 0.6 is 23.1 Å². The number of anilines is 1. The number of fused-ring (bicyclic) bond motifs is 3. The van der Waals surface area contributed by atoms with E-state index in [1.165, 1.54) is 46.3 Å². The van der Waals surface area contributed by atoms with Crippen LogP contribution in [0.25, 0.3) is 10.2 Å². The molecular weight excluding hydrogens is 376 g/mol. The van der Waals surface area contributed by atoms with Crippen LogP contribution in [-0.2, 0) is 24.1 Å². The van der Waals surface area contributed by atoms with Gasteiger partial charge in [-0.1, -0.05) is 0 Å². The summed E-state index contributed by atoms with van der Waals surface area (Å²) in [6.07, 6.45) is 7.13. The van der Waals surface area contributed by atoms with Gasteiger partial charge in [0.05, 0.1) is 25.1 Å². The number of morpholine rings is 1. The van der Waals surface area contributed by atoms with Crippen LogP contribution in [-0.4, -0.2) is 58.7 Å². The largest absolute Gasteiger partial charge is 0.379 e. The van der Waals surface area contributed by atoms with E-state index in [9.17, 15) is 0 Å². The average molecular weight is 407 g/mol. The molecule has 27 heavy (non-hydrogen) atoms. The SMILES string of the molecule is CSC(C)(C)CNc1nc(CN2CCOCC2)nc2sc3c(c12)CCCC3. The van der Waals surface area contributed by atoms with E-state index in [-0.39, 0.29) is 4.75 Å². The summed E-state index contributed by atoms with van der Waals surface area (Å²) in [4.78, 5) is 15.1. The van der Waals surface area contributed by atoms with Gasteiger partial charge in [-0.2, -0.15) is 11.8 Å². The molecule has 1 aliphatic carbocycles.